The van der Waals surface area contributed by atoms with Crippen LogP contribution >= 0.6 is 0 Å². The fourth-order valence-corrected chi connectivity index (χ4v) is 6.91. The van der Waals surface area contributed by atoms with Crippen molar-refractivity contribution < 1.29 is 24.5 Å². The number of carbonyl (C=O) groups excluding carboxylic acids is 1. The van der Waals surface area contributed by atoms with E-state index in [9.17, 15) is 14.7 Å². The van der Waals surface area contributed by atoms with Crippen molar-refractivity contribution in [3.63, 3.8) is 0 Å². The van der Waals surface area contributed by atoms with Crippen molar-refractivity contribution in [1.29, 1.82) is 0 Å². The molecule has 0 amide bonds. The molecule has 1 aromatic carbocycles. The molecule has 3 aliphatic rings. The maximum atomic E-state index is 13.0. The number of fused-ring (bicyclic) bond motifs is 5. The number of ketones is 1. The van der Waals surface area contributed by atoms with E-state index in [4.69, 9.17) is 9.84 Å². The molecule has 0 radical (unpaired) electrons. The van der Waals surface area contributed by atoms with Gasteiger partial charge in [-0.3, -0.25) is 9.59 Å². The second-order valence-electron chi connectivity index (χ2n) is 9.89. The number of aromatic hydroxyl groups is 1. The van der Waals surface area contributed by atoms with Gasteiger partial charge in [-0.15, -0.1) is 0 Å². The summed E-state index contributed by atoms with van der Waals surface area (Å²) >= 11 is 0. The molecule has 5 heteroatoms. The van der Waals surface area contributed by atoms with Crippen LogP contribution in [0.2, 0.25) is 0 Å². The van der Waals surface area contributed by atoms with E-state index >= 15 is 0 Å². The van der Waals surface area contributed by atoms with Crippen LogP contribution in [0, 0.1) is 23.2 Å². The SMILES string of the molecule is COCCc1cc2c(cc1O)CCC1C2CC[C@]2(C)C(=O)C[C@@H](CCCC(=O)O)C12. The van der Waals surface area contributed by atoms with Crippen LogP contribution in [-0.4, -0.2) is 35.7 Å². The van der Waals surface area contributed by atoms with Crippen molar-refractivity contribution in [3.05, 3.63) is 28.8 Å². The molecule has 3 aliphatic carbocycles. The Morgan fingerprint density at radius 2 is 2.10 bits per heavy atom. The minimum atomic E-state index is -0.751. The number of hydrogen-bond acceptors (Lipinski definition) is 4. The third-order valence-corrected chi connectivity index (χ3v) is 8.31. The minimum Gasteiger partial charge on any atom is -0.508 e. The predicted molar refractivity (Wildman–Crippen MR) is 114 cm³/mol. The van der Waals surface area contributed by atoms with Crippen molar-refractivity contribution in [1.82, 2.24) is 0 Å². The molecule has 0 saturated heterocycles. The summed E-state index contributed by atoms with van der Waals surface area (Å²) < 4.78 is 5.21. The smallest absolute Gasteiger partial charge is 0.303 e. The van der Waals surface area contributed by atoms with E-state index in [0.717, 1.165) is 37.7 Å². The first-order valence-corrected chi connectivity index (χ1v) is 11.4. The monoisotopic (exact) mass is 414 g/mol. The quantitative estimate of drug-likeness (QED) is 0.687. The van der Waals surface area contributed by atoms with Crippen molar-refractivity contribution >= 4 is 11.8 Å². The van der Waals surface area contributed by atoms with Gasteiger partial charge in [0.1, 0.15) is 11.5 Å². The Morgan fingerprint density at radius 3 is 2.83 bits per heavy atom. The molecule has 0 bridgehead atoms. The molecule has 4 rings (SSSR count). The number of aliphatic carboxylic acids is 1. The van der Waals surface area contributed by atoms with Crippen molar-refractivity contribution in [2.75, 3.05) is 13.7 Å². The van der Waals surface area contributed by atoms with Crippen molar-refractivity contribution in [2.24, 2.45) is 23.2 Å². The van der Waals surface area contributed by atoms with Gasteiger partial charge in [0.15, 0.2) is 0 Å². The summed E-state index contributed by atoms with van der Waals surface area (Å²) in [6, 6.07) is 4.15. The van der Waals surface area contributed by atoms with E-state index in [2.05, 4.69) is 13.0 Å². The molecule has 164 valence electrons. The van der Waals surface area contributed by atoms with Gasteiger partial charge in [-0.25, -0.2) is 0 Å². The van der Waals surface area contributed by atoms with Crippen molar-refractivity contribution in [3.8, 4) is 5.75 Å². The number of carbonyl (C=O) groups is 2. The van der Waals surface area contributed by atoms with E-state index < -0.39 is 5.97 Å². The van der Waals surface area contributed by atoms with Crippen LogP contribution in [-0.2, 0) is 27.2 Å². The average molecular weight is 415 g/mol. The highest BCUT2D eigenvalue weighted by Crippen LogP contribution is 2.62. The zero-order valence-electron chi connectivity index (χ0n) is 18.2. The number of hydrogen-bond donors (Lipinski definition) is 2. The van der Waals surface area contributed by atoms with Gasteiger partial charge in [0.05, 0.1) is 6.61 Å². The van der Waals surface area contributed by atoms with Crippen LogP contribution < -0.4 is 0 Å². The number of benzene rings is 1. The number of phenols is 1. The van der Waals surface area contributed by atoms with Gasteiger partial charge in [-0.05, 0) is 91.4 Å². The number of phenolic OH excluding ortho intramolecular Hbond substituents is 1. The summed E-state index contributed by atoms with van der Waals surface area (Å²) in [6.07, 6.45) is 6.93. The number of Topliss-reactive ketones (excluding diaryl/α,β-unsaturated/α-hetero) is 1. The first-order chi connectivity index (χ1) is 14.3. The number of carboxylic acid groups (broad SMARTS) is 1. The van der Waals surface area contributed by atoms with Gasteiger partial charge in [-0.2, -0.15) is 0 Å². The summed E-state index contributed by atoms with van der Waals surface area (Å²) in [6.45, 7) is 2.76. The first kappa shape index (κ1) is 21.4. The molecular formula is C25H34O5. The number of ether oxygens (including phenoxy) is 1. The number of aryl methyl sites for hydroxylation is 1. The van der Waals surface area contributed by atoms with Crippen LogP contribution in [0.3, 0.4) is 0 Å². The average Bonchev–Trinajstić information content (AvgIpc) is 2.96. The number of rotatable bonds is 7. The van der Waals surface area contributed by atoms with Gasteiger partial charge in [-0.1, -0.05) is 13.0 Å². The molecule has 5 nitrogen and oxygen atoms in total. The Kier molecular flexibility index (Phi) is 5.93. The Bertz CT molecular complexity index is 831. The molecular weight excluding hydrogens is 380 g/mol. The maximum Gasteiger partial charge on any atom is 0.303 e. The maximum absolute atomic E-state index is 13.0. The summed E-state index contributed by atoms with van der Waals surface area (Å²) in [5.74, 6) is 1.57. The minimum absolute atomic E-state index is 0.188. The Morgan fingerprint density at radius 1 is 1.30 bits per heavy atom. The fourth-order valence-electron chi connectivity index (χ4n) is 6.91. The molecule has 1 aromatic rings. The van der Waals surface area contributed by atoms with Gasteiger partial charge in [0, 0.05) is 25.4 Å². The third-order valence-electron chi connectivity index (χ3n) is 8.31. The lowest BCUT2D eigenvalue weighted by Gasteiger charge is -2.50. The molecule has 2 fully saturated rings. The number of carboxylic acids is 1. The Hall–Kier alpha value is -1.88. The van der Waals surface area contributed by atoms with E-state index in [1.807, 2.05) is 6.07 Å². The molecule has 2 N–H and O–H groups in total. The summed E-state index contributed by atoms with van der Waals surface area (Å²) in [7, 11) is 1.68. The lowest BCUT2D eigenvalue weighted by molar-refractivity contribution is -0.137. The van der Waals surface area contributed by atoms with E-state index in [1.54, 1.807) is 7.11 Å². The molecule has 30 heavy (non-hydrogen) atoms. The van der Waals surface area contributed by atoms with Gasteiger partial charge in [0.2, 0.25) is 0 Å². The van der Waals surface area contributed by atoms with Crippen LogP contribution in [0.25, 0.3) is 0 Å². The molecule has 2 saturated carbocycles. The molecule has 0 aromatic heterocycles. The summed E-state index contributed by atoms with van der Waals surface area (Å²) in [4.78, 5) is 24.0. The highest BCUT2D eigenvalue weighted by Gasteiger charge is 2.58. The Labute approximate surface area is 178 Å². The largest absolute Gasteiger partial charge is 0.508 e. The normalized spacial score (nSPS) is 32.4. The first-order valence-electron chi connectivity index (χ1n) is 11.4. The van der Waals surface area contributed by atoms with Crippen molar-refractivity contribution in [2.45, 2.75) is 70.6 Å². The van der Waals surface area contributed by atoms with Crippen LogP contribution in [0.1, 0.15) is 74.5 Å². The standard InChI is InChI=1S/C25H34O5/c1-25-10-8-18-19(24(25)17(14-22(25)27)4-3-5-23(28)29)7-6-15-13-21(26)16(9-11-30-2)12-20(15)18/h12-13,17-19,24,26H,3-11,14H2,1-2H3,(H,28,29)/t17-,18?,19?,24?,25-/m1/s1. The highest BCUT2D eigenvalue weighted by atomic mass is 16.5. The molecule has 3 unspecified atom stereocenters. The van der Waals surface area contributed by atoms with Gasteiger partial charge in [0.25, 0.3) is 0 Å². The van der Waals surface area contributed by atoms with Crippen LogP contribution in [0.5, 0.6) is 5.75 Å². The van der Waals surface area contributed by atoms with E-state index in [-0.39, 0.29) is 11.8 Å². The lowest BCUT2D eigenvalue weighted by Crippen LogP contribution is -2.44. The highest BCUT2D eigenvalue weighted by molar-refractivity contribution is 5.87. The fraction of sp³-hybridized carbons (Fsp3) is 0.680. The van der Waals surface area contributed by atoms with Crippen LogP contribution in [0.15, 0.2) is 12.1 Å². The van der Waals surface area contributed by atoms with E-state index in [0.29, 0.717) is 61.1 Å². The zero-order valence-corrected chi connectivity index (χ0v) is 18.2. The molecule has 0 heterocycles. The molecule has 0 aliphatic heterocycles. The van der Waals surface area contributed by atoms with E-state index in [1.165, 1.54) is 11.1 Å². The second-order valence-corrected chi connectivity index (χ2v) is 9.89. The van der Waals surface area contributed by atoms with Crippen LogP contribution in [0.4, 0.5) is 0 Å². The number of methoxy groups -OCH3 is 1. The molecule has 0 spiro atoms. The summed E-state index contributed by atoms with van der Waals surface area (Å²) in [5.41, 5.74) is 3.32. The third kappa shape index (κ3) is 3.66. The molecule has 5 atom stereocenters. The van der Waals surface area contributed by atoms with Gasteiger partial charge >= 0.3 is 5.97 Å². The predicted octanol–water partition coefficient (Wildman–Crippen LogP) is 4.49. The Balaban J connectivity index is 1.62. The lowest BCUT2D eigenvalue weighted by atomic mass is 9.54. The topological polar surface area (TPSA) is 83.8 Å². The zero-order chi connectivity index (χ0) is 21.5. The van der Waals surface area contributed by atoms with Gasteiger partial charge < -0.3 is 14.9 Å². The second kappa shape index (κ2) is 8.33. The summed E-state index contributed by atoms with van der Waals surface area (Å²) in [5, 5.41) is 19.5.